The summed E-state index contributed by atoms with van der Waals surface area (Å²) >= 11 is 1.84. The van der Waals surface area contributed by atoms with Crippen LogP contribution in [0.15, 0.2) is 35.0 Å². The van der Waals surface area contributed by atoms with Gasteiger partial charge in [0.1, 0.15) is 6.04 Å². The molecule has 4 rings (SSSR count). The van der Waals surface area contributed by atoms with Crippen molar-refractivity contribution in [1.29, 1.82) is 5.26 Å². The molecule has 32 heavy (non-hydrogen) atoms. The highest BCUT2D eigenvalue weighted by Crippen LogP contribution is 2.26. The van der Waals surface area contributed by atoms with Gasteiger partial charge < -0.3 is 5.11 Å². The van der Waals surface area contributed by atoms with E-state index in [2.05, 4.69) is 46.2 Å². The second-order valence-corrected chi connectivity index (χ2v) is 8.71. The third-order valence-corrected chi connectivity index (χ3v) is 6.50. The van der Waals surface area contributed by atoms with Gasteiger partial charge in [0.05, 0.1) is 18.7 Å². The first-order valence-electron chi connectivity index (χ1n) is 10.3. The lowest BCUT2D eigenvalue weighted by Gasteiger charge is -2.29. The molecular weight excluding hydrogens is 447 g/mol. The number of nitriles is 1. The standard InChI is InChI=1S/C18H25N5OS.C2HF3O2/c19-12-18-14-25-15-21(18)10-11-22-23(24-22)17-6-8-20(9-7-17)13-16-4-2-1-3-5-16;3-2(4,5)1(6)7/h1-5,17-18H,6-11,13-15H2;(H,6,7). The van der Waals surface area contributed by atoms with Crippen molar-refractivity contribution >= 4 is 17.7 Å². The van der Waals surface area contributed by atoms with Crippen LogP contribution in [0.3, 0.4) is 0 Å². The molecule has 2 saturated heterocycles. The molecule has 0 amide bonds. The zero-order valence-electron chi connectivity index (χ0n) is 17.4. The Morgan fingerprint density at radius 1 is 1.22 bits per heavy atom. The number of halogens is 3. The number of carboxylic acids is 1. The van der Waals surface area contributed by atoms with Crippen LogP contribution in [0.4, 0.5) is 13.2 Å². The van der Waals surface area contributed by atoms with Crippen molar-refractivity contribution in [2.24, 2.45) is 0 Å². The van der Waals surface area contributed by atoms with Gasteiger partial charge in [-0.1, -0.05) is 40.0 Å². The molecule has 2 aliphatic heterocycles. The number of hydrogen-bond acceptors (Lipinski definition) is 6. The molecule has 2 fully saturated rings. The number of nitrogens with zero attached hydrogens (tertiary/aromatic N) is 5. The molecule has 1 N–H and O–H groups in total. The van der Waals surface area contributed by atoms with Crippen LogP contribution < -0.4 is 0 Å². The molecule has 1 atom stereocenters. The number of alkyl halides is 3. The summed E-state index contributed by atoms with van der Waals surface area (Å²) < 4.78 is 37.4. The summed E-state index contributed by atoms with van der Waals surface area (Å²) in [6.45, 7) is 5.02. The lowest BCUT2D eigenvalue weighted by atomic mass is 10.1. The van der Waals surface area contributed by atoms with Crippen LogP contribution in [-0.2, 0) is 17.9 Å². The number of carboxylic acid groups (broad SMARTS) is 1. The minimum Gasteiger partial charge on any atom is -0.475 e. The molecule has 12 heteroatoms. The number of benzene rings is 1. The molecule has 2 aliphatic rings. The molecule has 1 aromatic carbocycles. The Morgan fingerprint density at radius 3 is 2.47 bits per heavy atom. The summed E-state index contributed by atoms with van der Waals surface area (Å²) in [5, 5.41) is 16.3. The number of thioether (sulfide) groups is 1. The smallest absolute Gasteiger partial charge is 0.475 e. The quantitative estimate of drug-likeness (QED) is 0.689. The van der Waals surface area contributed by atoms with E-state index < -0.39 is 12.1 Å². The number of carbonyl (C=O) groups is 1. The zero-order valence-corrected chi connectivity index (χ0v) is 18.3. The zero-order chi connectivity index (χ0) is 23.1. The highest BCUT2D eigenvalue weighted by atomic mass is 32.2. The van der Waals surface area contributed by atoms with E-state index in [1.807, 2.05) is 21.5 Å². The summed E-state index contributed by atoms with van der Waals surface area (Å²) in [5.41, 5.74) is 1.39. The number of rotatable bonds is 6. The summed E-state index contributed by atoms with van der Waals surface area (Å²) in [4.78, 5) is 17.7. The van der Waals surface area contributed by atoms with Crippen LogP contribution in [0.25, 0.3) is 0 Å². The second kappa shape index (κ2) is 11.0. The van der Waals surface area contributed by atoms with Gasteiger partial charge in [-0.2, -0.15) is 18.4 Å². The van der Waals surface area contributed by atoms with E-state index in [1.165, 1.54) is 5.56 Å². The van der Waals surface area contributed by atoms with Gasteiger partial charge in [0.15, 0.2) is 0 Å². The first-order valence-corrected chi connectivity index (χ1v) is 11.5. The van der Waals surface area contributed by atoms with E-state index in [0.29, 0.717) is 6.04 Å². The third-order valence-electron chi connectivity index (χ3n) is 5.44. The predicted octanol–water partition coefficient (Wildman–Crippen LogP) is 3.25. The van der Waals surface area contributed by atoms with Crippen LogP contribution in [0.2, 0.25) is 0 Å². The van der Waals surface area contributed by atoms with E-state index >= 15 is 0 Å². The molecule has 0 spiro atoms. The predicted molar refractivity (Wildman–Crippen MR) is 112 cm³/mol. The molecule has 0 bridgehead atoms. The largest absolute Gasteiger partial charge is 0.490 e. The fraction of sp³-hybridized carbons (Fsp3) is 0.600. The minimum absolute atomic E-state index is 0.0691. The van der Waals surface area contributed by atoms with E-state index in [1.54, 1.807) is 0 Å². The molecule has 176 valence electrons. The highest BCUT2D eigenvalue weighted by Gasteiger charge is 2.38. The van der Waals surface area contributed by atoms with Gasteiger partial charge in [0.2, 0.25) is 0 Å². The van der Waals surface area contributed by atoms with Crippen molar-refractivity contribution in [2.75, 3.05) is 31.3 Å². The fourth-order valence-electron chi connectivity index (χ4n) is 3.64. The van der Waals surface area contributed by atoms with Gasteiger partial charge in [-0.15, -0.1) is 11.8 Å². The average molecular weight is 474 g/mol. The Balaban J connectivity index is 0.000000360. The van der Waals surface area contributed by atoms with Crippen molar-refractivity contribution in [3.8, 4) is 6.07 Å². The molecule has 8 nitrogen and oxygen atoms in total. The molecule has 0 aliphatic carbocycles. The minimum atomic E-state index is -5.08. The van der Waals surface area contributed by atoms with Gasteiger partial charge in [0.25, 0.3) is 0 Å². The van der Waals surface area contributed by atoms with E-state index in [4.69, 9.17) is 19.8 Å². The molecular formula is C20H26F3N5O3S. The third kappa shape index (κ3) is 7.08. The van der Waals surface area contributed by atoms with Crippen LogP contribution >= 0.6 is 11.8 Å². The first kappa shape index (κ1) is 24.3. The van der Waals surface area contributed by atoms with Gasteiger partial charge in [-0.25, -0.2) is 4.79 Å². The molecule has 1 aromatic heterocycles. The Morgan fingerprint density at radius 2 is 1.88 bits per heavy atom. The molecule has 1 unspecified atom stereocenters. The van der Waals surface area contributed by atoms with Gasteiger partial charge in [0, 0.05) is 37.8 Å². The topological polar surface area (TPSA) is 90.6 Å². The molecule has 3 heterocycles. The summed E-state index contributed by atoms with van der Waals surface area (Å²) in [6.07, 6.45) is -2.80. The lowest BCUT2D eigenvalue weighted by Crippen LogP contribution is -2.34. The summed E-state index contributed by atoms with van der Waals surface area (Å²) in [5.74, 6) is -0.863. The monoisotopic (exact) mass is 473 g/mol. The Labute approximate surface area is 188 Å². The lowest BCUT2D eigenvalue weighted by molar-refractivity contribution is -0.192. The van der Waals surface area contributed by atoms with Gasteiger partial charge >= 0.3 is 12.1 Å². The summed E-state index contributed by atoms with van der Waals surface area (Å²) in [7, 11) is 0. The van der Waals surface area contributed by atoms with Crippen molar-refractivity contribution in [3.63, 3.8) is 0 Å². The van der Waals surface area contributed by atoms with Crippen LogP contribution in [-0.4, -0.2) is 74.1 Å². The maximum Gasteiger partial charge on any atom is 0.490 e. The fourth-order valence-corrected chi connectivity index (χ4v) is 4.80. The van der Waals surface area contributed by atoms with E-state index in [9.17, 15) is 13.2 Å². The summed E-state index contributed by atoms with van der Waals surface area (Å²) in [6, 6.07) is 13.6. The van der Waals surface area contributed by atoms with Gasteiger partial charge in [-0.05, 0) is 18.4 Å². The molecule has 2 aromatic rings. The Bertz CT molecular complexity index is 881. The van der Waals surface area contributed by atoms with Crippen LogP contribution in [0.5, 0.6) is 0 Å². The SMILES string of the molecule is N#CC1CSCN1CCn1on1C1CCN(Cc2ccccc2)CC1.O=C(O)C(F)(F)F. The van der Waals surface area contributed by atoms with Crippen LogP contribution in [0, 0.1) is 11.3 Å². The van der Waals surface area contributed by atoms with Crippen molar-refractivity contribution in [2.45, 2.75) is 44.2 Å². The maximum atomic E-state index is 10.6. The second-order valence-electron chi connectivity index (χ2n) is 7.71. The maximum absolute atomic E-state index is 10.6. The molecule has 0 radical (unpaired) electrons. The van der Waals surface area contributed by atoms with Gasteiger partial charge in [-0.3, -0.25) is 14.4 Å². The highest BCUT2D eigenvalue weighted by molar-refractivity contribution is 7.99. The molecule has 0 saturated carbocycles. The first-order chi connectivity index (χ1) is 15.3. The number of hydrogen-bond donors (Lipinski definition) is 1. The van der Waals surface area contributed by atoms with E-state index in [-0.39, 0.29) is 6.04 Å². The Hall–Kier alpha value is -2.36. The number of aliphatic carboxylic acids is 1. The number of piperidine rings is 1. The normalized spacial score (nSPS) is 20.6. The van der Waals surface area contributed by atoms with Crippen molar-refractivity contribution < 1.29 is 27.7 Å². The van der Waals surface area contributed by atoms with Crippen LogP contribution in [0.1, 0.15) is 24.4 Å². The number of aromatic nitrogens is 2. The number of likely N-dealkylation sites (tertiary alicyclic amines) is 1. The average Bonchev–Trinajstić information content (AvgIpc) is 3.40. The Kier molecular flexibility index (Phi) is 8.33. The van der Waals surface area contributed by atoms with Crippen molar-refractivity contribution in [1.82, 2.24) is 19.5 Å². The van der Waals surface area contributed by atoms with E-state index in [0.717, 1.165) is 57.2 Å². The van der Waals surface area contributed by atoms with Crippen molar-refractivity contribution in [3.05, 3.63) is 35.9 Å².